The lowest BCUT2D eigenvalue weighted by atomic mass is 9.86. The second-order valence-corrected chi connectivity index (χ2v) is 8.26. The van der Waals surface area contributed by atoms with Crippen LogP contribution < -0.4 is 0 Å². The zero-order chi connectivity index (χ0) is 18.2. The summed E-state index contributed by atoms with van der Waals surface area (Å²) in [5.41, 5.74) is 2.29. The summed E-state index contributed by atoms with van der Waals surface area (Å²) in [5, 5.41) is 10.2. The number of hydrogen-bond donors (Lipinski definition) is 1. The van der Waals surface area contributed by atoms with E-state index in [2.05, 4.69) is 4.99 Å². The summed E-state index contributed by atoms with van der Waals surface area (Å²) < 4.78 is -0.620. The van der Waals surface area contributed by atoms with Gasteiger partial charge in [0.1, 0.15) is 0 Å². The number of carboxylic acids is 1. The van der Waals surface area contributed by atoms with E-state index in [-0.39, 0.29) is 0 Å². The van der Waals surface area contributed by atoms with Crippen LogP contribution in [0.15, 0.2) is 47.5 Å². The van der Waals surface area contributed by atoms with Gasteiger partial charge in [0.25, 0.3) is 0 Å². The van der Waals surface area contributed by atoms with Gasteiger partial charge in [0.05, 0.1) is 15.5 Å². The lowest BCUT2D eigenvalue weighted by Gasteiger charge is -2.30. The molecule has 0 saturated carbocycles. The van der Waals surface area contributed by atoms with E-state index in [0.29, 0.717) is 32.8 Å². The molecule has 130 valence electrons. The minimum atomic E-state index is -0.975. The van der Waals surface area contributed by atoms with E-state index in [9.17, 15) is 9.90 Å². The van der Waals surface area contributed by atoms with Crippen molar-refractivity contribution in [3.63, 3.8) is 0 Å². The molecule has 0 amide bonds. The van der Waals surface area contributed by atoms with Crippen LogP contribution in [0.5, 0.6) is 0 Å². The largest absolute Gasteiger partial charge is 0.479 e. The molecular weight excluding hydrogens is 401 g/mol. The number of thioether (sulfide) groups is 1. The van der Waals surface area contributed by atoms with E-state index < -0.39 is 16.1 Å². The van der Waals surface area contributed by atoms with Gasteiger partial charge in [-0.15, -0.1) is 11.8 Å². The topological polar surface area (TPSA) is 49.7 Å². The Bertz CT molecular complexity index is 854. The van der Waals surface area contributed by atoms with Crippen molar-refractivity contribution < 1.29 is 9.90 Å². The van der Waals surface area contributed by atoms with E-state index in [4.69, 9.17) is 34.8 Å². The molecule has 0 radical (unpaired) electrons. The van der Waals surface area contributed by atoms with Gasteiger partial charge in [-0.2, -0.15) is 0 Å². The zero-order valence-electron chi connectivity index (χ0n) is 13.2. The molecule has 1 aliphatic heterocycles. The Morgan fingerprint density at radius 1 is 1.16 bits per heavy atom. The lowest BCUT2D eigenvalue weighted by Crippen LogP contribution is -2.30. The van der Waals surface area contributed by atoms with Crippen LogP contribution in [0.2, 0.25) is 15.1 Å². The number of nitrogens with zero attached hydrogens (tertiary/aromatic N) is 1. The summed E-state index contributed by atoms with van der Waals surface area (Å²) in [7, 11) is 0. The molecular formula is C18H14Cl3NO2S. The number of carbonyl (C=O) groups is 1. The summed E-state index contributed by atoms with van der Waals surface area (Å²) in [6.07, 6.45) is 0.654. The molecule has 2 aromatic carbocycles. The van der Waals surface area contributed by atoms with Crippen LogP contribution in [0.25, 0.3) is 0 Å². The van der Waals surface area contributed by atoms with Crippen LogP contribution in [0, 0.1) is 0 Å². The van der Waals surface area contributed by atoms with E-state index in [1.165, 1.54) is 11.8 Å². The molecule has 25 heavy (non-hydrogen) atoms. The first kappa shape index (κ1) is 18.6. The van der Waals surface area contributed by atoms with Crippen LogP contribution in [-0.2, 0) is 9.54 Å². The first-order valence-corrected chi connectivity index (χ1v) is 9.59. The fraction of sp³-hybridized carbons (Fsp3) is 0.222. The third-order valence-corrected chi connectivity index (χ3v) is 6.60. The van der Waals surface area contributed by atoms with Gasteiger partial charge in [0.15, 0.2) is 5.37 Å². The Labute approximate surface area is 165 Å². The van der Waals surface area contributed by atoms with Crippen molar-refractivity contribution in [3.8, 4) is 0 Å². The maximum Gasteiger partial charge on any atom is 0.338 e. The molecule has 2 atom stereocenters. The standard InChI is InChI=1S/C18H14Cl3NO2S/c1-2-18(10-3-5-11(19)6-4-10)15(22-16(25-18)17(23)24)13-8-7-12(20)9-14(13)21/h3-9,16H,2H2,1H3,(H,23,24). The Kier molecular flexibility index (Phi) is 5.35. The first-order chi connectivity index (χ1) is 11.9. The van der Waals surface area contributed by atoms with E-state index in [1.807, 2.05) is 19.1 Å². The Morgan fingerprint density at radius 3 is 2.36 bits per heavy atom. The van der Waals surface area contributed by atoms with Crippen molar-refractivity contribution in [2.75, 3.05) is 0 Å². The quantitative estimate of drug-likeness (QED) is 0.677. The highest BCUT2D eigenvalue weighted by Gasteiger charge is 2.47. The molecule has 0 aromatic heterocycles. The van der Waals surface area contributed by atoms with Gasteiger partial charge in [-0.3, -0.25) is 4.99 Å². The molecule has 1 N–H and O–H groups in total. The summed E-state index contributed by atoms with van der Waals surface area (Å²) in [5.74, 6) is -0.975. The van der Waals surface area contributed by atoms with Gasteiger partial charge >= 0.3 is 5.97 Å². The molecule has 7 heteroatoms. The smallest absolute Gasteiger partial charge is 0.338 e. The summed E-state index contributed by atoms with van der Waals surface area (Å²) >= 11 is 19.7. The van der Waals surface area contributed by atoms with Crippen LogP contribution in [0.4, 0.5) is 0 Å². The van der Waals surface area contributed by atoms with Crippen molar-refractivity contribution in [3.05, 3.63) is 68.7 Å². The third kappa shape index (κ3) is 3.41. The van der Waals surface area contributed by atoms with E-state index in [0.717, 1.165) is 5.56 Å². The second kappa shape index (κ2) is 7.20. The SMILES string of the molecule is CCC1(c2ccc(Cl)cc2)SC(C(=O)O)N=C1c1ccc(Cl)cc1Cl. The number of aliphatic carboxylic acids is 1. The van der Waals surface area contributed by atoms with Crippen molar-refractivity contribution in [2.24, 2.45) is 4.99 Å². The van der Waals surface area contributed by atoms with Crippen molar-refractivity contribution in [2.45, 2.75) is 23.5 Å². The fourth-order valence-corrected chi connectivity index (χ4v) is 4.92. The number of rotatable bonds is 4. The molecule has 0 spiro atoms. The lowest BCUT2D eigenvalue weighted by molar-refractivity contribution is -0.136. The van der Waals surface area contributed by atoms with Crippen molar-refractivity contribution in [1.29, 1.82) is 0 Å². The average molecular weight is 415 g/mol. The van der Waals surface area contributed by atoms with Gasteiger partial charge in [-0.1, -0.05) is 59.9 Å². The van der Waals surface area contributed by atoms with E-state index in [1.54, 1.807) is 30.3 Å². The Morgan fingerprint density at radius 2 is 1.80 bits per heavy atom. The van der Waals surface area contributed by atoms with Crippen LogP contribution >= 0.6 is 46.6 Å². The van der Waals surface area contributed by atoms with Gasteiger partial charge in [-0.05, 0) is 36.2 Å². The highest BCUT2D eigenvalue weighted by molar-refractivity contribution is 8.02. The summed E-state index contributed by atoms with van der Waals surface area (Å²) in [6, 6.07) is 12.6. The Hall–Kier alpha value is -1.20. The van der Waals surface area contributed by atoms with Crippen molar-refractivity contribution >= 4 is 58.2 Å². The average Bonchev–Trinajstić information content (AvgIpc) is 2.96. The van der Waals surface area contributed by atoms with E-state index >= 15 is 0 Å². The van der Waals surface area contributed by atoms with Gasteiger partial charge < -0.3 is 5.11 Å². The maximum absolute atomic E-state index is 11.6. The minimum Gasteiger partial charge on any atom is -0.479 e. The molecule has 0 bridgehead atoms. The third-order valence-electron chi connectivity index (χ3n) is 4.15. The molecule has 0 saturated heterocycles. The highest BCUT2D eigenvalue weighted by atomic mass is 35.5. The first-order valence-electron chi connectivity index (χ1n) is 7.58. The number of benzene rings is 2. The fourth-order valence-electron chi connectivity index (χ4n) is 2.95. The number of hydrogen-bond acceptors (Lipinski definition) is 3. The van der Waals surface area contributed by atoms with Gasteiger partial charge in [0, 0.05) is 15.6 Å². The molecule has 3 rings (SSSR count). The summed E-state index contributed by atoms with van der Waals surface area (Å²) in [4.78, 5) is 16.1. The van der Waals surface area contributed by atoms with Crippen molar-refractivity contribution in [1.82, 2.24) is 0 Å². The summed E-state index contributed by atoms with van der Waals surface area (Å²) in [6.45, 7) is 2.01. The number of carboxylic acid groups (broad SMARTS) is 1. The van der Waals surface area contributed by atoms with Crippen LogP contribution in [-0.4, -0.2) is 22.2 Å². The monoisotopic (exact) mass is 413 g/mol. The van der Waals surface area contributed by atoms with Crippen LogP contribution in [0.3, 0.4) is 0 Å². The molecule has 1 heterocycles. The molecule has 2 aromatic rings. The zero-order valence-corrected chi connectivity index (χ0v) is 16.3. The molecule has 2 unspecified atom stereocenters. The Balaban J connectivity index is 2.20. The number of halogens is 3. The predicted octanol–water partition coefficient (Wildman–Crippen LogP) is 5.90. The highest BCUT2D eigenvalue weighted by Crippen LogP contribution is 2.51. The molecule has 0 aliphatic carbocycles. The van der Waals surface area contributed by atoms with Gasteiger partial charge in [-0.25, -0.2) is 4.79 Å². The van der Waals surface area contributed by atoms with Crippen LogP contribution in [0.1, 0.15) is 24.5 Å². The maximum atomic E-state index is 11.6. The predicted molar refractivity (Wildman–Crippen MR) is 105 cm³/mol. The van der Waals surface area contributed by atoms with Gasteiger partial charge in [0.2, 0.25) is 0 Å². The molecule has 0 fully saturated rings. The number of aliphatic imine (C=N–C) groups is 1. The molecule has 3 nitrogen and oxygen atoms in total. The molecule has 1 aliphatic rings. The second-order valence-electron chi connectivity index (χ2n) is 5.60. The minimum absolute atomic E-state index is 0.449. The normalized spacial score (nSPS) is 22.7.